The summed E-state index contributed by atoms with van der Waals surface area (Å²) in [7, 11) is -1.42. The average Bonchev–Trinajstić information content (AvgIpc) is 2.98. The number of ether oxygens (including phenoxy) is 1. The Morgan fingerprint density at radius 1 is 1.02 bits per heavy atom. The van der Waals surface area contributed by atoms with Crippen LogP contribution in [0, 0.1) is 0 Å². The zero-order chi connectivity index (χ0) is 29.0. The molecule has 2 saturated heterocycles. The molecule has 1 aliphatic carbocycles. The van der Waals surface area contributed by atoms with Crippen LogP contribution in [0.2, 0.25) is 0 Å². The molecule has 0 radical (unpaired) electrons. The SMILES string of the molecule is CCc1ncc(Nc2ccc(N3CCC(N4CCN(S(C)(=O)=O)CC4)CC3)cc2OC)nc1NC1CCC(O)CC1. The largest absolute Gasteiger partial charge is 0.494 e. The first-order valence-electron chi connectivity index (χ1n) is 14.9. The van der Waals surface area contributed by atoms with E-state index in [0.29, 0.717) is 31.0 Å². The number of nitrogens with one attached hydrogen (secondary N) is 2. The Morgan fingerprint density at radius 3 is 2.37 bits per heavy atom. The number of piperazine rings is 1. The number of hydrogen-bond donors (Lipinski definition) is 3. The number of aliphatic hydroxyl groups excluding tert-OH is 1. The van der Waals surface area contributed by atoms with Crippen molar-refractivity contribution < 1.29 is 18.3 Å². The number of hydrogen-bond acceptors (Lipinski definition) is 10. The van der Waals surface area contributed by atoms with Gasteiger partial charge in [-0.25, -0.2) is 13.4 Å². The Labute approximate surface area is 244 Å². The molecule has 3 aliphatic rings. The molecule has 1 aromatic carbocycles. The van der Waals surface area contributed by atoms with E-state index >= 15 is 0 Å². The van der Waals surface area contributed by atoms with Crippen molar-refractivity contribution in [2.75, 3.05) is 68.2 Å². The number of rotatable bonds is 9. The van der Waals surface area contributed by atoms with Crippen molar-refractivity contribution in [1.82, 2.24) is 19.2 Å². The van der Waals surface area contributed by atoms with Crippen LogP contribution in [0.15, 0.2) is 24.4 Å². The highest BCUT2D eigenvalue weighted by Crippen LogP contribution is 2.34. The summed E-state index contributed by atoms with van der Waals surface area (Å²) < 4.78 is 31.0. The van der Waals surface area contributed by atoms with Gasteiger partial charge in [-0.3, -0.25) is 9.88 Å². The zero-order valence-corrected chi connectivity index (χ0v) is 25.4. The maximum absolute atomic E-state index is 11.8. The second kappa shape index (κ2) is 13.1. The Bertz CT molecular complexity index is 1270. The summed E-state index contributed by atoms with van der Waals surface area (Å²) in [5.74, 6) is 2.21. The number of aromatic nitrogens is 2. The fourth-order valence-electron chi connectivity index (χ4n) is 6.27. The smallest absolute Gasteiger partial charge is 0.211 e. The van der Waals surface area contributed by atoms with Crippen LogP contribution in [0.4, 0.5) is 23.0 Å². The van der Waals surface area contributed by atoms with Crippen LogP contribution in [-0.2, 0) is 16.4 Å². The molecule has 1 aromatic heterocycles. The van der Waals surface area contributed by atoms with Gasteiger partial charge in [0.05, 0.1) is 37.0 Å². The van der Waals surface area contributed by atoms with Crippen LogP contribution in [0.1, 0.15) is 51.1 Å². The fraction of sp³-hybridized carbons (Fsp3) is 0.655. The zero-order valence-electron chi connectivity index (χ0n) is 24.6. The van der Waals surface area contributed by atoms with E-state index < -0.39 is 10.0 Å². The van der Waals surface area contributed by atoms with Gasteiger partial charge >= 0.3 is 0 Å². The molecule has 41 heavy (non-hydrogen) atoms. The number of methoxy groups -OCH3 is 1. The monoisotopic (exact) mass is 587 g/mol. The lowest BCUT2D eigenvalue weighted by molar-refractivity contribution is 0.120. The quantitative estimate of drug-likeness (QED) is 0.403. The summed E-state index contributed by atoms with van der Waals surface area (Å²) in [4.78, 5) is 14.4. The molecule has 226 valence electrons. The predicted molar refractivity (Wildman–Crippen MR) is 163 cm³/mol. The maximum atomic E-state index is 11.8. The number of aryl methyl sites for hydroxylation is 1. The second-order valence-corrected chi connectivity index (χ2v) is 13.5. The number of anilines is 4. The number of aliphatic hydroxyl groups is 1. The van der Waals surface area contributed by atoms with Gasteiger partial charge in [0.2, 0.25) is 10.0 Å². The molecule has 2 aliphatic heterocycles. The first-order valence-corrected chi connectivity index (χ1v) is 16.8. The van der Waals surface area contributed by atoms with Crippen molar-refractivity contribution in [2.24, 2.45) is 0 Å². The van der Waals surface area contributed by atoms with E-state index in [-0.39, 0.29) is 6.10 Å². The summed E-state index contributed by atoms with van der Waals surface area (Å²) in [6.45, 7) is 6.74. The third-order valence-electron chi connectivity index (χ3n) is 8.76. The molecule has 0 amide bonds. The van der Waals surface area contributed by atoms with E-state index in [4.69, 9.17) is 9.72 Å². The summed E-state index contributed by atoms with van der Waals surface area (Å²) >= 11 is 0. The van der Waals surface area contributed by atoms with Crippen LogP contribution in [-0.4, -0.2) is 104 Å². The minimum Gasteiger partial charge on any atom is -0.494 e. The molecule has 11 nitrogen and oxygen atoms in total. The Morgan fingerprint density at radius 2 is 1.73 bits per heavy atom. The molecule has 3 N–H and O–H groups in total. The van der Waals surface area contributed by atoms with Crippen molar-refractivity contribution in [3.05, 3.63) is 30.1 Å². The molecule has 3 fully saturated rings. The normalized spacial score (nSPS) is 23.4. The summed E-state index contributed by atoms with van der Waals surface area (Å²) in [5, 5.41) is 16.8. The van der Waals surface area contributed by atoms with Gasteiger partial charge in [0.25, 0.3) is 0 Å². The summed E-state index contributed by atoms with van der Waals surface area (Å²) in [6, 6.07) is 7.02. The van der Waals surface area contributed by atoms with Crippen molar-refractivity contribution in [2.45, 2.75) is 70.1 Å². The van der Waals surface area contributed by atoms with Gasteiger partial charge < -0.3 is 25.4 Å². The Hall–Kier alpha value is -2.67. The van der Waals surface area contributed by atoms with Gasteiger partial charge in [-0.05, 0) is 57.1 Å². The minimum absolute atomic E-state index is 0.190. The molecule has 0 bridgehead atoms. The third kappa shape index (κ3) is 7.40. The second-order valence-electron chi connectivity index (χ2n) is 11.5. The number of nitrogens with zero attached hydrogens (tertiary/aromatic N) is 5. The lowest BCUT2D eigenvalue weighted by Gasteiger charge is -2.42. The highest BCUT2D eigenvalue weighted by atomic mass is 32.2. The highest BCUT2D eigenvalue weighted by Gasteiger charge is 2.30. The van der Waals surface area contributed by atoms with Gasteiger partial charge in [0.15, 0.2) is 5.82 Å². The lowest BCUT2D eigenvalue weighted by atomic mass is 9.93. The molecule has 1 saturated carbocycles. The molecule has 0 unspecified atom stereocenters. The standard InChI is InChI=1S/C29H45N7O4S/c1-4-25-29(31-21-5-8-24(37)9-6-21)33-28(20-30-25)32-26-10-7-23(19-27(26)40-2)34-13-11-22(12-14-34)35-15-17-36(18-16-35)41(3,38)39/h7,10,19-22,24,37H,4-6,8-9,11-18H2,1-3H3,(H2,31,32,33). The molecular formula is C29H45N7O4S. The van der Waals surface area contributed by atoms with Crippen LogP contribution in [0.3, 0.4) is 0 Å². The van der Waals surface area contributed by atoms with E-state index in [1.54, 1.807) is 17.6 Å². The summed E-state index contributed by atoms with van der Waals surface area (Å²) in [5.41, 5.74) is 2.90. The number of sulfonamides is 1. The highest BCUT2D eigenvalue weighted by molar-refractivity contribution is 7.88. The third-order valence-corrected chi connectivity index (χ3v) is 10.1. The van der Waals surface area contributed by atoms with E-state index in [1.165, 1.54) is 6.26 Å². The molecule has 2 aromatic rings. The first-order chi connectivity index (χ1) is 19.7. The Kier molecular flexibility index (Phi) is 9.52. The Balaban J connectivity index is 1.20. The lowest BCUT2D eigenvalue weighted by Crippen LogP contribution is -2.54. The van der Waals surface area contributed by atoms with E-state index in [2.05, 4.69) is 44.5 Å². The maximum Gasteiger partial charge on any atom is 0.211 e. The van der Waals surface area contributed by atoms with E-state index in [0.717, 1.165) is 99.8 Å². The van der Waals surface area contributed by atoms with Crippen LogP contribution in [0.5, 0.6) is 5.75 Å². The van der Waals surface area contributed by atoms with Crippen molar-refractivity contribution >= 4 is 33.0 Å². The van der Waals surface area contributed by atoms with Gasteiger partial charge in [-0.2, -0.15) is 4.31 Å². The van der Waals surface area contributed by atoms with E-state index in [1.807, 2.05) is 6.07 Å². The van der Waals surface area contributed by atoms with Crippen molar-refractivity contribution in [3.63, 3.8) is 0 Å². The fourth-order valence-corrected chi connectivity index (χ4v) is 7.10. The number of piperidine rings is 1. The molecule has 5 rings (SSSR count). The van der Waals surface area contributed by atoms with Crippen molar-refractivity contribution in [3.8, 4) is 5.75 Å². The van der Waals surface area contributed by atoms with Gasteiger partial charge in [0.1, 0.15) is 11.6 Å². The predicted octanol–water partition coefficient (Wildman–Crippen LogP) is 3.05. The minimum atomic E-state index is -3.11. The van der Waals surface area contributed by atoms with Gasteiger partial charge in [-0.1, -0.05) is 6.92 Å². The summed E-state index contributed by atoms with van der Waals surface area (Å²) in [6.07, 6.45) is 9.25. The molecule has 12 heteroatoms. The molecule has 0 atom stereocenters. The van der Waals surface area contributed by atoms with Crippen molar-refractivity contribution in [1.29, 1.82) is 0 Å². The van der Waals surface area contributed by atoms with Crippen LogP contribution in [0.25, 0.3) is 0 Å². The van der Waals surface area contributed by atoms with Gasteiger partial charge in [0, 0.05) is 63.1 Å². The molecule has 3 heterocycles. The van der Waals surface area contributed by atoms with Crippen LogP contribution >= 0.6 is 0 Å². The van der Waals surface area contributed by atoms with Crippen LogP contribution < -0.4 is 20.3 Å². The van der Waals surface area contributed by atoms with Gasteiger partial charge in [-0.15, -0.1) is 0 Å². The molecular weight excluding hydrogens is 542 g/mol. The molecule has 0 spiro atoms. The van der Waals surface area contributed by atoms with E-state index in [9.17, 15) is 13.5 Å². The average molecular weight is 588 g/mol. The topological polar surface area (TPSA) is 123 Å². The number of benzene rings is 1. The first kappa shape index (κ1) is 29.8.